The van der Waals surface area contributed by atoms with Crippen molar-refractivity contribution in [2.24, 2.45) is 0 Å². The Balaban J connectivity index is 1.80. The van der Waals surface area contributed by atoms with Gasteiger partial charge in [0.25, 0.3) is 0 Å². The first-order chi connectivity index (χ1) is 13.2. The Morgan fingerprint density at radius 3 is 2.54 bits per heavy atom. The lowest BCUT2D eigenvalue weighted by atomic mass is 10.0. The molecule has 0 aliphatic rings. The number of ketones is 1. The maximum absolute atomic E-state index is 12.9. The van der Waals surface area contributed by atoms with Crippen molar-refractivity contribution < 1.29 is 22.7 Å². The summed E-state index contributed by atoms with van der Waals surface area (Å²) in [6.45, 7) is 3.33. The molecule has 1 N–H and O–H groups in total. The highest BCUT2D eigenvalue weighted by Gasteiger charge is 2.25. The molecule has 7 heteroatoms. The molecule has 3 aromatic rings. The van der Waals surface area contributed by atoms with E-state index in [1.165, 1.54) is 19.1 Å². The number of aryl methyl sites for hydroxylation is 1. The molecule has 0 saturated carbocycles. The predicted molar refractivity (Wildman–Crippen MR) is 107 cm³/mol. The number of para-hydroxylation sites is 1. The van der Waals surface area contributed by atoms with E-state index in [-0.39, 0.29) is 17.1 Å². The maximum Gasteiger partial charge on any atom is 0.338 e. The molecule has 2 aromatic carbocycles. The minimum Gasteiger partial charge on any atom is -0.451 e. The van der Waals surface area contributed by atoms with E-state index in [0.29, 0.717) is 16.8 Å². The summed E-state index contributed by atoms with van der Waals surface area (Å²) >= 11 is 0. The molecule has 1 aromatic heterocycles. The molecule has 6 nitrogen and oxygen atoms in total. The second kappa shape index (κ2) is 7.59. The predicted octanol–water partition coefficient (Wildman–Crippen LogP) is 3.45. The highest BCUT2D eigenvalue weighted by Crippen LogP contribution is 2.24. The molecular formula is C21H21NO5S. The van der Waals surface area contributed by atoms with Gasteiger partial charge in [0.2, 0.25) is 5.78 Å². The summed E-state index contributed by atoms with van der Waals surface area (Å²) in [5, 5.41) is 0.781. The normalized spacial score (nSPS) is 12.7. The van der Waals surface area contributed by atoms with Gasteiger partial charge in [0.15, 0.2) is 15.9 Å². The smallest absolute Gasteiger partial charge is 0.338 e. The number of Topliss-reactive ketones (excluding diaryl/α,β-unsaturated/α-hetero) is 1. The lowest BCUT2D eigenvalue weighted by Crippen LogP contribution is -2.25. The van der Waals surface area contributed by atoms with Crippen LogP contribution in [-0.2, 0) is 20.3 Å². The molecule has 0 spiro atoms. The van der Waals surface area contributed by atoms with Gasteiger partial charge in [-0.3, -0.25) is 4.79 Å². The number of sulfone groups is 1. The number of ether oxygens (including phenoxy) is 1. The van der Waals surface area contributed by atoms with E-state index in [0.717, 1.165) is 17.2 Å². The molecule has 0 radical (unpaired) electrons. The highest BCUT2D eigenvalue weighted by atomic mass is 32.2. The highest BCUT2D eigenvalue weighted by molar-refractivity contribution is 7.89. The lowest BCUT2D eigenvalue weighted by molar-refractivity contribution is 0.0319. The van der Waals surface area contributed by atoms with Crippen molar-refractivity contribution in [3.05, 3.63) is 70.9 Å². The second-order valence-corrected chi connectivity index (χ2v) is 8.99. The van der Waals surface area contributed by atoms with Gasteiger partial charge in [0.1, 0.15) is 0 Å². The van der Waals surface area contributed by atoms with Crippen LogP contribution in [0.4, 0.5) is 0 Å². The molecule has 0 amide bonds. The van der Waals surface area contributed by atoms with E-state index >= 15 is 0 Å². The van der Waals surface area contributed by atoms with Crippen molar-refractivity contribution in [2.45, 2.75) is 25.7 Å². The van der Waals surface area contributed by atoms with Gasteiger partial charge in [-0.15, -0.1) is 0 Å². The third-order valence-corrected chi connectivity index (χ3v) is 5.24. The lowest BCUT2D eigenvalue weighted by Gasteiger charge is -2.13. The summed E-state index contributed by atoms with van der Waals surface area (Å²) in [6.07, 6.45) is 0.145. The van der Waals surface area contributed by atoms with Crippen LogP contribution in [0.2, 0.25) is 0 Å². The van der Waals surface area contributed by atoms with Gasteiger partial charge in [0, 0.05) is 28.4 Å². The molecule has 146 valence electrons. The van der Waals surface area contributed by atoms with Gasteiger partial charge < -0.3 is 9.72 Å². The molecule has 3 rings (SSSR count). The maximum atomic E-state index is 12.9. The van der Waals surface area contributed by atoms with Crippen LogP contribution in [0.15, 0.2) is 48.5 Å². The number of esters is 1. The first kappa shape index (κ1) is 19.8. The Labute approximate surface area is 163 Å². The number of carbonyl (C=O) groups excluding carboxylic acids is 2. The molecule has 1 atom stereocenters. The van der Waals surface area contributed by atoms with E-state index in [4.69, 9.17) is 4.74 Å². The summed E-state index contributed by atoms with van der Waals surface area (Å²) < 4.78 is 28.3. The first-order valence-corrected chi connectivity index (χ1v) is 10.8. The molecule has 0 unspecified atom stereocenters. The van der Waals surface area contributed by atoms with Crippen molar-refractivity contribution in [3.8, 4) is 0 Å². The van der Waals surface area contributed by atoms with Crippen LogP contribution >= 0.6 is 0 Å². The Morgan fingerprint density at radius 2 is 1.82 bits per heavy atom. The van der Waals surface area contributed by atoms with Crippen molar-refractivity contribution in [3.63, 3.8) is 0 Å². The Kier molecular flexibility index (Phi) is 5.38. The number of hydrogen-bond donors (Lipinski definition) is 1. The van der Waals surface area contributed by atoms with Crippen LogP contribution in [-0.4, -0.2) is 37.5 Å². The Bertz CT molecular complexity index is 1160. The molecule has 0 saturated heterocycles. The van der Waals surface area contributed by atoms with Crippen molar-refractivity contribution in [1.82, 2.24) is 4.98 Å². The fourth-order valence-corrected chi connectivity index (χ4v) is 3.96. The quantitative estimate of drug-likeness (QED) is 0.506. The van der Waals surface area contributed by atoms with Crippen LogP contribution in [0.3, 0.4) is 0 Å². The summed E-state index contributed by atoms with van der Waals surface area (Å²) in [5.41, 5.74) is 2.75. The molecule has 0 aliphatic heterocycles. The van der Waals surface area contributed by atoms with Gasteiger partial charge in [-0.1, -0.05) is 30.3 Å². The zero-order valence-corrected chi connectivity index (χ0v) is 16.7. The average Bonchev–Trinajstić information content (AvgIpc) is 2.95. The van der Waals surface area contributed by atoms with Crippen LogP contribution in [0.1, 0.15) is 38.9 Å². The monoisotopic (exact) mass is 399 g/mol. The van der Waals surface area contributed by atoms with Crippen LogP contribution in [0.25, 0.3) is 10.9 Å². The number of carbonyl (C=O) groups is 2. The average molecular weight is 399 g/mol. The number of aromatic nitrogens is 1. The SMILES string of the molecule is Cc1[nH]c2ccccc2c1C(=O)[C@@H](C)OC(=O)c1cccc(CS(C)(=O)=O)c1. The van der Waals surface area contributed by atoms with Crippen LogP contribution in [0, 0.1) is 6.92 Å². The zero-order valence-electron chi connectivity index (χ0n) is 15.9. The Hall–Kier alpha value is -2.93. The number of aromatic amines is 1. The van der Waals surface area contributed by atoms with Gasteiger partial charge in [-0.2, -0.15) is 0 Å². The zero-order chi connectivity index (χ0) is 20.5. The number of fused-ring (bicyclic) bond motifs is 1. The molecule has 0 aliphatic carbocycles. The minimum atomic E-state index is -3.22. The van der Waals surface area contributed by atoms with E-state index in [9.17, 15) is 18.0 Å². The minimum absolute atomic E-state index is 0.170. The Morgan fingerprint density at radius 1 is 1.11 bits per heavy atom. The second-order valence-electron chi connectivity index (χ2n) is 6.85. The van der Waals surface area contributed by atoms with Gasteiger partial charge >= 0.3 is 5.97 Å². The van der Waals surface area contributed by atoms with Gasteiger partial charge in [0.05, 0.1) is 11.3 Å². The van der Waals surface area contributed by atoms with E-state index in [2.05, 4.69) is 4.98 Å². The van der Waals surface area contributed by atoms with Crippen molar-refractivity contribution in [1.29, 1.82) is 0 Å². The molecule has 0 bridgehead atoms. The number of H-pyrrole nitrogens is 1. The number of benzene rings is 2. The summed E-state index contributed by atoms with van der Waals surface area (Å²) in [4.78, 5) is 28.5. The van der Waals surface area contributed by atoms with Gasteiger partial charge in [-0.25, -0.2) is 13.2 Å². The summed E-state index contributed by atoms with van der Waals surface area (Å²) in [6, 6.07) is 13.7. The van der Waals surface area contributed by atoms with Crippen molar-refractivity contribution >= 4 is 32.5 Å². The number of nitrogens with one attached hydrogen (secondary N) is 1. The molecule has 28 heavy (non-hydrogen) atoms. The summed E-state index contributed by atoms with van der Waals surface area (Å²) in [7, 11) is -3.22. The number of rotatable bonds is 6. The van der Waals surface area contributed by atoms with E-state index < -0.39 is 21.9 Å². The van der Waals surface area contributed by atoms with E-state index in [1.807, 2.05) is 24.3 Å². The largest absolute Gasteiger partial charge is 0.451 e. The third-order valence-electron chi connectivity index (χ3n) is 4.38. The fourth-order valence-electron chi connectivity index (χ4n) is 3.17. The fraction of sp³-hybridized carbons (Fsp3) is 0.238. The number of hydrogen-bond acceptors (Lipinski definition) is 5. The van der Waals surface area contributed by atoms with E-state index in [1.54, 1.807) is 19.1 Å². The molecule has 0 fully saturated rings. The van der Waals surface area contributed by atoms with Crippen molar-refractivity contribution in [2.75, 3.05) is 6.26 Å². The molecular weight excluding hydrogens is 378 g/mol. The molecule has 1 heterocycles. The topological polar surface area (TPSA) is 93.3 Å². The van der Waals surface area contributed by atoms with Crippen LogP contribution in [0.5, 0.6) is 0 Å². The van der Waals surface area contributed by atoms with Gasteiger partial charge in [-0.05, 0) is 37.6 Å². The third kappa shape index (κ3) is 4.31. The first-order valence-electron chi connectivity index (χ1n) is 8.75. The standard InChI is InChI=1S/C21H21NO5S/c1-13-19(17-9-4-5-10-18(17)22-13)20(23)14(2)27-21(24)16-8-6-7-15(11-16)12-28(3,25)26/h4-11,14,22H,12H2,1-3H3/t14-/m1/s1. The van der Waals surface area contributed by atoms with Crippen LogP contribution < -0.4 is 0 Å². The summed E-state index contributed by atoms with van der Waals surface area (Å²) in [5.74, 6) is -1.14.